The fourth-order valence-electron chi connectivity index (χ4n) is 4.57. The van der Waals surface area contributed by atoms with Crippen molar-refractivity contribution in [1.29, 1.82) is 0 Å². The van der Waals surface area contributed by atoms with E-state index >= 15 is 0 Å². The number of nitrogens with one attached hydrogen (secondary N) is 1. The highest BCUT2D eigenvalue weighted by Crippen LogP contribution is 2.49. The topological polar surface area (TPSA) is 58.1 Å². The Morgan fingerprint density at radius 2 is 1.81 bits per heavy atom. The summed E-state index contributed by atoms with van der Waals surface area (Å²) in [6, 6.07) is 20.9. The van der Waals surface area contributed by atoms with Crippen molar-refractivity contribution < 1.29 is 4.79 Å². The van der Waals surface area contributed by atoms with E-state index in [1.807, 2.05) is 30.3 Å². The Balaban J connectivity index is 1.19. The first kappa shape index (κ1) is 21.1. The Kier molecular flexibility index (Phi) is 6.41. The highest BCUT2D eigenvalue weighted by atomic mass is 79.9. The lowest BCUT2D eigenvalue weighted by molar-refractivity contribution is -0.115. The Bertz CT molecular complexity index is 1030. The van der Waals surface area contributed by atoms with Crippen LogP contribution in [0.3, 0.4) is 0 Å². The maximum Gasteiger partial charge on any atom is 0.230 e. The first-order chi connectivity index (χ1) is 15.2. The average Bonchev–Trinajstić information content (AvgIpc) is 3.42. The molecule has 160 valence electrons. The number of amides is 1. The fraction of sp³-hybridized carbons (Fsp3) is 0.348. The summed E-state index contributed by atoms with van der Waals surface area (Å²) in [6.45, 7) is 2.13. The van der Waals surface area contributed by atoms with Gasteiger partial charge in [-0.15, -0.1) is 10.2 Å². The van der Waals surface area contributed by atoms with E-state index in [1.54, 1.807) is 11.8 Å². The van der Waals surface area contributed by atoms with Crippen LogP contribution >= 0.6 is 39.0 Å². The van der Waals surface area contributed by atoms with Gasteiger partial charge in [-0.2, -0.15) is 0 Å². The molecule has 5 rings (SSSR count). The number of likely N-dealkylation sites (tertiary alicyclic amines) is 1. The summed E-state index contributed by atoms with van der Waals surface area (Å²) in [5.74, 6) is 0.609. The minimum atomic E-state index is -0.0617. The normalized spacial score (nSPS) is 25.1. The summed E-state index contributed by atoms with van der Waals surface area (Å²) in [5.41, 5.74) is 2.35. The molecule has 31 heavy (non-hydrogen) atoms. The van der Waals surface area contributed by atoms with Gasteiger partial charge in [-0.3, -0.25) is 9.69 Å². The number of hydrogen-bond donors (Lipinski definition) is 1. The Morgan fingerprint density at radius 1 is 1.10 bits per heavy atom. The standard InChI is InChI=1S/C23H23BrN4OS2/c24-20-17-12-18(21(20)28(14-17)13-16-9-5-2-6-10-16)30-23-27-26-22(31-23)25-19(29)11-15-7-3-1-4-8-15/h1-10,17-18,20-21H,11-14H2,(H,25,26,29)/t17-,18-,20+,21+/m0/s1. The van der Waals surface area contributed by atoms with Crippen LogP contribution < -0.4 is 5.32 Å². The van der Waals surface area contributed by atoms with Crippen molar-refractivity contribution in [3.8, 4) is 0 Å². The molecular weight excluding hydrogens is 492 g/mol. The highest BCUT2D eigenvalue weighted by Gasteiger charge is 2.51. The summed E-state index contributed by atoms with van der Waals surface area (Å²) < 4.78 is 0.923. The van der Waals surface area contributed by atoms with Crippen molar-refractivity contribution in [2.24, 2.45) is 5.92 Å². The fourth-order valence-corrected chi connectivity index (χ4v) is 8.33. The molecule has 5 nitrogen and oxygen atoms in total. The van der Waals surface area contributed by atoms with Crippen LogP contribution in [0.25, 0.3) is 0 Å². The van der Waals surface area contributed by atoms with Gasteiger partial charge in [0.15, 0.2) is 4.34 Å². The zero-order valence-corrected chi connectivity index (χ0v) is 20.1. The molecule has 2 aliphatic rings. The lowest BCUT2D eigenvalue weighted by atomic mass is 10.1. The Hall–Kier alpha value is -1.74. The first-order valence-electron chi connectivity index (χ1n) is 10.4. The molecule has 8 heteroatoms. The van der Waals surface area contributed by atoms with E-state index in [1.165, 1.54) is 23.3 Å². The van der Waals surface area contributed by atoms with E-state index in [-0.39, 0.29) is 5.91 Å². The second kappa shape index (κ2) is 9.40. The molecule has 4 atom stereocenters. The molecule has 0 radical (unpaired) electrons. The Morgan fingerprint density at radius 3 is 2.52 bits per heavy atom. The van der Waals surface area contributed by atoms with Gasteiger partial charge in [-0.25, -0.2) is 0 Å². The molecule has 1 saturated carbocycles. The van der Waals surface area contributed by atoms with Crippen molar-refractivity contribution in [2.45, 2.75) is 39.8 Å². The van der Waals surface area contributed by atoms with Gasteiger partial charge in [0.05, 0.1) is 6.42 Å². The van der Waals surface area contributed by atoms with Crippen molar-refractivity contribution in [2.75, 3.05) is 11.9 Å². The van der Waals surface area contributed by atoms with Gasteiger partial charge in [0.25, 0.3) is 0 Å². The molecule has 2 bridgehead atoms. The number of piperidine rings is 1. The third kappa shape index (κ3) is 4.87. The van der Waals surface area contributed by atoms with E-state index < -0.39 is 0 Å². The number of anilines is 1. The van der Waals surface area contributed by atoms with E-state index in [0.717, 1.165) is 23.0 Å². The molecular formula is C23H23BrN4OS2. The summed E-state index contributed by atoms with van der Waals surface area (Å²) in [4.78, 5) is 15.4. The summed E-state index contributed by atoms with van der Waals surface area (Å²) in [5, 5.41) is 12.5. The maximum absolute atomic E-state index is 12.3. The number of carbonyl (C=O) groups excluding carboxylic acids is 1. The van der Waals surface area contributed by atoms with Crippen LogP contribution in [-0.4, -0.2) is 43.7 Å². The van der Waals surface area contributed by atoms with Crippen molar-refractivity contribution in [1.82, 2.24) is 15.1 Å². The molecule has 0 unspecified atom stereocenters. The first-order valence-corrected chi connectivity index (χ1v) is 13.0. The molecule has 1 aliphatic carbocycles. The number of hydrogen-bond acceptors (Lipinski definition) is 6. The predicted molar refractivity (Wildman–Crippen MR) is 130 cm³/mol. The average molecular weight is 516 g/mol. The van der Waals surface area contributed by atoms with Gasteiger partial charge < -0.3 is 5.32 Å². The number of rotatable bonds is 7. The van der Waals surface area contributed by atoms with Crippen molar-refractivity contribution >= 4 is 50.1 Å². The third-order valence-corrected chi connectivity index (χ3v) is 9.44. The van der Waals surface area contributed by atoms with Crippen LogP contribution in [0.5, 0.6) is 0 Å². The van der Waals surface area contributed by atoms with Crippen LogP contribution in [0.2, 0.25) is 0 Å². The molecule has 2 aromatic carbocycles. The van der Waals surface area contributed by atoms with Gasteiger partial charge in [0, 0.05) is 29.2 Å². The molecule has 1 amide bonds. The number of alkyl halides is 1. The molecule has 1 aromatic heterocycles. The largest absolute Gasteiger partial charge is 0.300 e. The summed E-state index contributed by atoms with van der Waals surface area (Å²) >= 11 is 7.24. The van der Waals surface area contributed by atoms with Crippen LogP contribution in [0.15, 0.2) is 65.0 Å². The highest BCUT2D eigenvalue weighted by molar-refractivity contribution is 9.09. The van der Waals surface area contributed by atoms with Gasteiger partial charge in [-0.05, 0) is 23.5 Å². The van der Waals surface area contributed by atoms with Crippen LogP contribution in [0, 0.1) is 5.92 Å². The monoisotopic (exact) mass is 514 g/mol. The van der Waals surface area contributed by atoms with Crippen LogP contribution in [0.1, 0.15) is 17.5 Å². The SMILES string of the molecule is O=C(Cc1ccccc1)Nc1nnc(S[C@H]2C[C@H]3CN(Cc4ccccc4)[C@H]2[C@@H]3Br)s1. The molecule has 1 aliphatic heterocycles. The molecule has 0 spiro atoms. The van der Waals surface area contributed by atoms with Gasteiger partial charge >= 0.3 is 0 Å². The minimum absolute atomic E-state index is 0.0617. The van der Waals surface area contributed by atoms with E-state index in [4.69, 9.17) is 0 Å². The number of benzene rings is 2. The maximum atomic E-state index is 12.3. The van der Waals surface area contributed by atoms with Gasteiger partial charge in [0.1, 0.15) is 0 Å². The molecule has 1 saturated heterocycles. The number of halogens is 1. The smallest absolute Gasteiger partial charge is 0.230 e. The summed E-state index contributed by atoms with van der Waals surface area (Å²) in [7, 11) is 0. The number of carbonyl (C=O) groups is 1. The summed E-state index contributed by atoms with van der Waals surface area (Å²) in [6.07, 6.45) is 1.53. The second-order valence-electron chi connectivity index (χ2n) is 8.09. The number of aromatic nitrogens is 2. The van der Waals surface area contributed by atoms with Crippen LogP contribution in [-0.2, 0) is 17.8 Å². The predicted octanol–water partition coefficient (Wildman–Crippen LogP) is 4.85. The number of nitrogens with zero attached hydrogens (tertiary/aromatic N) is 3. The van der Waals surface area contributed by atoms with Gasteiger partial charge in [-0.1, -0.05) is 99.7 Å². The molecule has 3 aromatic rings. The van der Waals surface area contributed by atoms with E-state index in [9.17, 15) is 4.79 Å². The second-order valence-corrected chi connectivity index (χ2v) is 11.6. The van der Waals surface area contributed by atoms with E-state index in [2.05, 4.69) is 66.7 Å². The lowest BCUT2D eigenvalue weighted by Crippen LogP contribution is -2.40. The van der Waals surface area contributed by atoms with Crippen molar-refractivity contribution in [3.05, 3.63) is 71.8 Å². The third-order valence-electron chi connectivity index (χ3n) is 5.92. The number of thioether (sulfide) groups is 1. The Labute approximate surface area is 198 Å². The van der Waals surface area contributed by atoms with E-state index in [0.29, 0.717) is 33.6 Å². The molecule has 2 heterocycles. The van der Waals surface area contributed by atoms with Crippen LogP contribution in [0.4, 0.5) is 5.13 Å². The zero-order chi connectivity index (χ0) is 21.2. The molecule has 2 fully saturated rings. The molecule has 1 N–H and O–H groups in total. The number of fused-ring (bicyclic) bond motifs is 2. The minimum Gasteiger partial charge on any atom is -0.300 e. The zero-order valence-electron chi connectivity index (χ0n) is 16.9. The quantitative estimate of drug-likeness (QED) is 0.360. The van der Waals surface area contributed by atoms with Crippen molar-refractivity contribution in [3.63, 3.8) is 0 Å². The lowest BCUT2D eigenvalue weighted by Gasteiger charge is -2.32. The van der Waals surface area contributed by atoms with Gasteiger partial charge in [0.2, 0.25) is 11.0 Å².